The Balaban J connectivity index is 1.13. The van der Waals surface area contributed by atoms with E-state index >= 15 is 0 Å². The van der Waals surface area contributed by atoms with Gasteiger partial charge in [-0.2, -0.15) is 0 Å². The van der Waals surface area contributed by atoms with Crippen molar-refractivity contribution in [2.24, 2.45) is 0 Å². The molecule has 9 aromatic carbocycles. The summed E-state index contributed by atoms with van der Waals surface area (Å²) >= 11 is 0. The van der Waals surface area contributed by atoms with E-state index in [4.69, 9.17) is 0 Å². The largest absolute Gasteiger partial charge is 0.310 e. The summed E-state index contributed by atoms with van der Waals surface area (Å²) < 4.78 is 0. The van der Waals surface area contributed by atoms with Gasteiger partial charge in [0.25, 0.3) is 0 Å². The second-order valence-corrected chi connectivity index (χ2v) is 13.8. The second-order valence-electron chi connectivity index (χ2n) is 13.8. The standard InChI is InChI=1S/C54H40N2/c1-5-18-41(19-6-1)43-32-36-49(37-33-43)55(47-24-9-3-10-25-47)53-30-15-13-28-51(53)45-22-17-23-46(40-45)52-29-14-16-31-54(52)56(48-26-11-4-12-27-48)50-38-34-44(35-39-50)42-20-7-2-8-21-42/h1-40H. The minimum absolute atomic E-state index is 1.10. The maximum atomic E-state index is 2.36. The van der Waals surface area contributed by atoms with E-state index in [1.165, 1.54) is 22.3 Å². The Morgan fingerprint density at radius 3 is 0.875 bits per heavy atom. The van der Waals surface area contributed by atoms with Gasteiger partial charge in [-0.1, -0.05) is 176 Å². The third-order valence-corrected chi connectivity index (χ3v) is 10.3. The van der Waals surface area contributed by atoms with Crippen LogP contribution < -0.4 is 9.80 Å². The van der Waals surface area contributed by atoms with Gasteiger partial charge in [0.2, 0.25) is 0 Å². The van der Waals surface area contributed by atoms with Crippen molar-refractivity contribution in [3.05, 3.63) is 243 Å². The maximum Gasteiger partial charge on any atom is 0.0540 e. The molecule has 0 aliphatic rings. The lowest BCUT2D eigenvalue weighted by molar-refractivity contribution is 1.28. The quantitative estimate of drug-likeness (QED) is 0.139. The molecule has 2 heteroatoms. The molecule has 0 heterocycles. The van der Waals surface area contributed by atoms with E-state index in [0.29, 0.717) is 0 Å². The van der Waals surface area contributed by atoms with E-state index in [-0.39, 0.29) is 0 Å². The van der Waals surface area contributed by atoms with E-state index < -0.39 is 0 Å². The van der Waals surface area contributed by atoms with Crippen molar-refractivity contribution in [2.75, 3.05) is 9.80 Å². The molecular weight excluding hydrogens is 677 g/mol. The van der Waals surface area contributed by atoms with Gasteiger partial charge in [-0.25, -0.2) is 0 Å². The molecule has 0 atom stereocenters. The van der Waals surface area contributed by atoms with Crippen LogP contribution in [0.5, 0.6) is 0 Å². The molecule has 9 aromatic rings. The fourth-order valence-corrected chi connectivity index (χ4v) is 7.56. The van der Waals surface area contributed by atoms with Crippen LogP contribution >= 0.6 is 0 Å². The van der Waals surface area contributed by atoms with E-state index in [9.17, 15) is 0 Å². The van der Waals surface area contributed by atoms with Crippen molar-refractivity contribution in [1.82, 2.24) is 0 Å². The van der Waals surface area contributed by atoms with Gasteiger partial charge in [0.15, 0.2) is 0 Å². The highest BCUT2D eigenvalue weighted by Crippen LogP contribution is 2.44. The Morgan fingerprint density at radius 2 is 0.482 bits per heavy atom. The van der Waals surface area contributed by atoms with Gasteiger partial charge in [0.1, 0.15) is 0 Å². The summed E-state index contributed by atoms with van der Waals surface area (Å²) in [6, 6.07) is 86.6. The Labute approximate surface area is 329 Å². The first-order valence-corrected chi connectivity index (χ1v) is 19.1. The lowest BCUT2D eigenvalue weighted by Crippen LogP contribution is -2.11. The lowest BCUT2D eigenvalue weighted by atomic mass is 9.95. The van der Waals surface area contributed by atoms with Crippen LogP contribution in [0, 0.1) is 0 Å². The van der Waals surface area contributed by atoms with Crippen LogP contribution in [0.25, 0.3) is 44.5 Å². The van der Waals surface area contributed by atoms with Gasteiger partial charge in [-0.15, -0.1) is 0 Å². The zero-order chi connectivity index (χ0) is 37.5. The first-order valence-electron chi connectivity index (χ1n) is 19.1. The number of para-hydroxylation sites is 4. The van der Waals surface area contributed by atoms with Gasteiger partial charge < -0.3 is 9.80 Å². The number of anilines is 6. The molecule has 0 N–H and O–H groups in total. The highest BCUT2D eigenvalue weighted by Gasteiger charge is 2.20. The van der Waals surface area contributed by atoms with Crippen LogP contribution in [0.4, 0.5) is 34.1 Å². The van der Waals surface area contributed by atoms with Crippen molar-refractivity contribution in [1.29, 1.82) is 0 Å². The van der Waals surface area contributed by atoms with E-state index in [0.717, 1.165) is 56.4 Å². The number of rotatable bonds is 10. The predicted molar refractivity (Wildman–Crippen MR) is 238 cm³/mol. The molecule has 56 heavy (non-hydrogen) atoms. The van der Waals surface area contributed by atoms with Crippen molar-refractivity contribution >= 4 is 34.1 Å². The molecule has 0 aliphatic carbocycles. The van der Waals surface area contributed by atoms with Gasteiger partial charge in [0, 0.05) is 33.9 Å². The minimum atomic E-state index is 1.10. The maximum absolute atomic E-state index is 2.36. The average Bonchev–Trinajstić information content (AvgIpc) is 3.29. The highest BCUT2D eigenvalue weighted by molar-refractivity contribution is 5.92. The summed E-state index contributed by atoms with van der Waals surface area (Å²) in [7, 11) is 0. The second kappa shape index (κ2) is 15.9. The van der Waals surface area contributed by atoms with E-state index in [1.807, 2.05) is 0 Å². The van der Waals surface area contributed by atoms with Crippen LogP contribution in [0.2, 0.25) is 0 Å². The van der Waals surface area contributed by atoms with Crippen LogP contribution in [0.1, 0.15) is 0 Å². The van der Waals surface area contributed by atoms with Gasteiger partial charge in [0.05, 0.1) is 11.4 Å². The number of benzene rings is 9. The zero-order valence-corrected chi connectivity index (χ0v) is 31.0. The molecule has 266 valence electrons. The molecule has 0 saturated carbocycles. The summed E-state index contributed by atoms with van der Waals surface area (Å²) in [5, 5.41) is 0. The number of hydrogen-bond donors (Lipinski definition) is 0. The molecule has 0 aliphatic heterocycles. The van der Waals surface area contributed by atoms with Crippen LogP contribution in [0.15, 0.2) is 243 Å². The lowest BCUT2D eigenvalue weighted by Gasteiger charge is -2.29. The summed E-state index contributed by atoms with van der Waals surface area (Å²) in [6.07, 6.45) is 0. The fourth-order valence-electron chi connectivity index (χ4n) is 7.56. The van der Waals surface area contributed by atoms with Crippen molar-refractivity contribution in [3.63, 3.8) is 0 Å². The Morgan fingerprint density at radius 1 is 0.196 bits per heavy atom. The highest BCUT2D eigenvalue weighted by atomic mass is 15.1. The summed E-state index contributed by atoms with van der Waals surface area (Å²) in [4.78, 5) is 4.72. The van der Waals surface area contributed by atoms with Crippen molar-refractivity contribution in [2.45, 2.75) is 0 Å². The molecule has 0 spiro atoms. The third kappa shape index (κ3) is 7.12. The van der Waals surface area contributed by atoms with Crippen molar-refractivity contribution in [3.8, 4) is 44.5 Å². The SMILES string of the molecule is c1ccc(-c2ccc(N(c3ccccc3)c3ccccc3-c3cccc(-c4ccccc4N(c4ccccc4)c4ccc(-c5ccccc5)cc4)c3)cc2)cc1. The third-order valence-electron chi connectivity index (χ3n) is 10.3. The fraction of sp³-hybridized carbons (Fsp3) is 0. The Hall–Kier alpha value is -7.42. The number of hydrogen-bond acceptors (Lipinski definition) is 2. The topological polar surface area (TPSA) is 6.48 Å². The van der Waals surface area contributed by atoms with Gasteiger partial charge >= 0.3 is 0 Å². The predicted octanol–water partition coefficient (Wildman–Crippen LogP) is 15.3. The first-order chi connectivity index (χ1) is 27.8. The smallest absolute Gasteiger partial charge is 0.0540 e. The normalized spacial score (nSPS) is 10.9. The van der Waals surface area contributed by atoms with E-state index in [2.05, 4.69) is 252 Å². The van der Waals surface area contributed by atoms with Crippen LogP contribution in [-0.2, 0) is 0 Å². The summed E-state index contributed by atoms with van der Waals surface area (Å²) in [6.45, 7) is 0. The molecule has 0 amide bonds. The monoisotopic (exact) mass is 716 g/mol. The Kier molecular flexibility index (Phi) is 9.75. The Bertz CT molecular complexity index is 2470. The molecule has 0 radical (unpaired) electrons. The first kappa shape index (κ1) is 34.4. The van der Waals surface area contributed by atoms with Crippen LogP contribution in [0.3, 0.4) is 0 Å². The van der Waals surface area contributed by atoms with Crippen molar-refractivity contribution < 1.29 is 0 Å². The molecule has 0 bridgehead atoms. The van der Waals surface area contributed by atoms with Gasteiger partial charge in [-0.3, -0.25) is 0 Å². The number of nitrogens with zero attached hydrogens (tertiary/aromatic N) is 2. The molecule has 2 nitrogen and oxygen atoms in total. The average molecular weight is 717 g/mol. The van der Waals surface area contributed by atoms with E-state index in [1.54, 1.807) is 0 Å². The zero-order valence-electron chi connectivity index (χ0n) is 31.0. The molecule has 0 fully saturated rings. The molecule has 0 saturated heterocycles. The summed E-state index contributed by atoms with van der Waals surface area (Å²) in [5.41, 5.74) is 16.0. The molecule has 9 rings (SSSR count). The van der Waals surface area contributed by atoms with Gasteiger partial charge in [-0.05, 0) is 100 Å². The van der Waals surface area contributed by atoms with Crippen LogP contribution in [-0.4, -0.2) is 0 Å². The molecule has 0 aromatic heterocycles. The molecular formula is C54H40N2. The minimum Gasteiger partial charge on any atom is -0.310 e. The summed E-state index contributed by atoms with van der Waals surface area (Å²) in [5.74, 6) is 0. The molecule has 0 unspecified atom stereocenters.